The highest BCUT2D eigenvalue weighted by molar-refractivity contribution is 6.39. The lowest BCUT2D eigenvalue weighted by Crippen LogP contribution is -2.35. The van der Waals surface area contributed by atoms with Crippen LogP contribution in [0, 0.1) is 5.92 Å². The molecule has 1 aliphatic heterocycles. The van der Waals surface area contributed by atoms with E-state index in [1.165, 1.54) is 45.2 Å². The minimum absolute atomic E-state index is 0.352. The van der Waals surface area contributed by atoms with Gasteiger partial charge in [-0.25, -0.2) is 4.79 Å². The third-order valence-electron chi connectivity index (χ3n) is 5.83. The number of nitrogens with zero attached hydrogens (tertiary/aromatic N) is 2. The van der Waals surface area contributed by atoms with Crippen LogP contribution >= 0.6 is 23.2 Å². The fraction of sp³-hybridized carbons (Fsp3) is 0.667. The molecule has 1 fully saturated rings. The van der Waals surface area contributed by atoms with E-state index in [4.69, 9.17) is 27.6 Å². The molecule has 3 rings (SSSR count). The third kappa shape index (κ3) is 4.72. The fourth-order valence-corrected chi connectivity index (χ4v) is 4.90. The van der Waals surface area contributed by atoms with Gasteiger partial charge in [0.2, 0.25) is 0 Å². The molecule has 0 amide bonds. The minimum atomic E-state index is -0.352. The van der Waals surface area contributed by atoms with E-state index in [-0.39, 0.29) is 5.76 Å². The summed E-state index contributed by atoms with van der Waals surface area (Å²) in [7, 11) is 0. The van der Waals surface area contributed by atoms with Crippen LogP contribution in [0.25, 0.3) is 11.1 Å². The third-order valence-corrected chi connectivity index (χ3v) is 6.57. The second kappa shape index (κ2) is 9.49. The van der Waals surface area contributed by atoms with Crippen molar-refractivity contribution >= 4 is 34.3 Å². The Morgan fingerprint density at radius 1 is 1.15 bits per heavy atom. The molecular weight excluding hydrogens is 383 g/mol. The van der Waals surface area contributed by atoms with Gasteiger partial charge in [-0.3, -0.25) is 4.57 Å². The zero-order chi connectivity index (χ0) is 19.4. The first-order valence-electron chi connectivity index (χ1n) is 10.3. The summed E-state index contributed by atoms with van der Waals surface area (Å²) in [6.45, 7) is 8.23. The number of aromatic nitrogens is 1. The van der Waals surface area contributed by atoms with E-state index < -0.39 is 0 Å². The molecule has 1 aliphatic rings. The largest absolute Gasteiger partial charge is 0.420 e. The lowest BCUT2D eigenvalue weighted by Gasteiger charge is -2.31. The number of hydrogen-bond acceptors (Lipinski definition) is 3. The quantitative estimate of drug-likeness (QED) is 0.553. The van der Waals surface area contributed by atoms with Crippen molar-refractivity contribution in [2.24, 2.45) is 5.92 Å². The van der Waals surface area contributed by atoms with Gasteiger partial charge in [-0.15, -0.1) is 0 Å². The summed E-state index contributed by atoms with van der Waals surface area (Å²) in [5.41, 5.74) is 1.99. The van der Waals surface area contributed by atoms with Gasteiger partial charge in [0.15, 0.2) is 5.58 Å². The van der Waals surface area contributed by atoms with Gasteiger partial charge >= 0.3 is 5.76 Å². The van der Waals surface area contributed by atoms with E-state index in [1.807, 2.05) is 13.0 Å². The molecule has 1 aromatic heterocycles. The Labute approximate surface area is 171 Å². The Morgan fingerprint density at radius 2 is 1.89 bits per heavy atom. The Bertz CT molecular complexity index is 820. The summed E-state index contributed by atoms with van der Waals surface area (Å²) in [6, 6.07) is 1.81. The van der Waals surface area contributed by atoms with Crippen molar-refractivity contribution < 1.29 is 4.42 Å². The Morgan fingerprint density at radius 3 is 2.56 bits per heavy atom. The van der Waals surface area contributed by atoms with E-state index in [0.29, 0.717) is 34.1 Å². The van der Waals surface area contributed by atoms with Crippen molar-refractivity contribution in [3.8, 4) is 0 Å². The van der Waals surface area contributed by atoms with Crippen molar-refractivity contribution in [1.82, 2.24) is 9.47 Å². The number of aryl methyl sites for hydroxylation is 1. The average molecular weight is 413 g/mol. The number of oxazole rings is 1. The summed E-state index contributed by atoms with van der Waals surface area (Å²) in [4.78, 5) is 14.8. The number of fused-ring (bicyclic) bond motifs is 1. The van der Waals surface area contributed by atoms with E-state index in [0.717, 1.165) is 24.4 Å². The summed E-state index contributed by atoms with van der Waals surface area (Å²) >= 11 is 12.7. The maximum absolute atomic E-state index is 12.3. The minimum Gasteiger partial charge on any atom is -0.406 e. The van der Waals surface area contributed by atoms with Gasteiger partial charge in [0.05, 0.1) is 10.5 Å². The van der Waals surface area contributed by atoms with Crippen molar-refractivity contribution in [3.05, 3.63) is 32.2 Å². The highest BCUT2D eigenvalue weighted by Crippen LogP contribution is 2.33. The van der Waals surface area contributed by atoms with E-state index in [1.54, 1.807) is 4.57 Å². The number of hydrogen-bond donors (Lipinski definition) is 0. The van der Waals surface area contributed by atoms with Crippen LogP contribution < -0.4 is 5.76 Å². The Balaban J connectivity index is 1.60. The van der Waals surface area contributed by atoms with E-state index in [9.17, 15) is 4.79 Å². The predicted octanol–water partition coefficient (Wildman–Crippen LogP) is 5.76. The Hall–Kier alpha value is -0.970. The fourth-order valence-electron chi connectivity index (χ4n) is 4.15. The molecule has 150 valence electrons. The zero-order valence-corrected chi connectivity index (χ0v) is 17.9. The highest BCUT2D eigenvalue weighted by atomic mass is 35.5. The first-order valence-corrected chi connectivity index (χ1v) is 11.0. The summed E-state index contributed by atoms with van der Waals surface area (Å²) < 4.78 is 7.09. The van der Waals surface area contributed by atoms with Crippen LogP contribution in [0.2, 0.25) is 10.0 Å². The maximum atomic E-state index is 12.3. The summed E-state index contributed by atoms with van der Waals surface area (Å²) in [5.74, 6) is 0.549. The van der Waals surface area contributed by atoms with Gasteiger partial charge in [-0.05, 0) is 62.9 Å². The van der Waals surface area contributed by atoms with Crippen LogP contribution in [0.15, 0.2) is 15.3 Å². The molecule has 4 nitrogen and oxygen atoms in total. The van der Waals surface area contributed by atoms with Gasteiger partial charge in [-0.1, -0.05) is 56.3 Å². The SMILES string of the molecule is CCCCC1CCN(CCCn2c(=O)oc3c(Cl)c(CC)c(Cl)cc32)CC1. The van der Waals surface area contributed by atoms with Gasteiger partial charge in [0.25, 0.3) is 0 Å². The van der Waals surface area contributed by atoms with Crippen LogP contribution in [0.4, 0.5) is 0 Å². The molecule has 2 aromatic rings. The van der Waals surface area contributed by atoms with Crippen molar-refractivity contribution in [1.29, 1.82) is 0 Å². The molecular formula is C21H30Cl2N2O2. The highest BCUT2D eigenvalue weighted by Gasteiger charge is 2.20. The second-order valence-electron chi connectivity index (χ2n) is 7.65. The smallest absolute Gasteiger partial charge is 0.406 e. The monoisotopic (exact) mass is 412 g/mol. The molecule has 6 heteroatoms. The molecule has 0 N–H and O–H groups in total. The van der Waals surface area contributed by atoms with E-state index in [2.05, 4.69) is 11.8 Å². The number of halogens is 2. The van der Waals surface area contributed by atoms with Crippen LogP contribution in [0.3, 0.4) is 0 Å². The number of piperidine rings is 1. The molecule has 0 unspecified atom stereocenters. The molecule has 0 aliphatic carbocycles. The number of benzene rings is 1. The molecule has 1 aromatic carbocycles. The van der Waals surface area contributed by atoms with Gasteiger partial charge in [0, 0.05) is 11.6 Å². The second-order valence-corrected chi connectivity index (χ2v) is 8.44. The lowest BCUT2D eigenvalue weighted by molar-refractivity contribution is 0.173. The molecule has 0 saturated carbocycles. The predicted molar refractivity (Wildman–Crippen MR) is 113 cm³/mol. The normalized spacial score (nSPS) is 16.4. The van der Waals surface area contributed by atoms with Crippen molar-refractivity contribution in [2.75, 3.05) is 19.6 Å². The van der Waals surface area contributed by atoms with Crippen LogP contribution in [-0.2, 0) is 13.0 Å². The summed E-state index contributed by atoms with van der Waals surface area (Å²) in [6.07, 6.45) is 8.25. The molecule has 0 spiro atoms. The number of likely N-dealkylation sites (tertiary alicyclic amines) is 1. The van der Waals surface area contributed by atoms with Crippen LogP contribution in [0.1, 0.15) is 57.9 Å². The van der Waals surface area contributed by atoms with Gasteiger partial charge in [0.1, 0.15) is 0 Å². The first kappa shape index (κ1) is 20.8. The number of unbranched alkanes of at least 4 members (excludes halogenated alkanes) is 1. The molecule has 0 bridgehead atoms. The molecule has 0 atom stereocenters. The first-order chi connectivity index (χ1) is 13.0. The van der Waals surface area contributed by atoms with Gasteiger partial charge in [-0.2, -0.15) is 0 Å². The van der Waals surface area contributed by atoms with E-state index >= 15 is 0 Å². The zero-order valence-electron chi connectivity index (χ0n) is 16.4. The van der Waals surface area contributed by atoms with Gasteiger partial charge < -0.3 is 9.32 Å². The molecule has 27 heavy (non-hydrogen) atoms. The van der Waals surface area contributed by atoms with Crippen LogP contribution in [0.5, 0.6) is 0 Å². The molecule has 0 radical (unpaired) electrons. The van der Waals surface area contributed by atoms with Crippen molar-refractivity contribution in [2.45, 2.75) is 65.3 Å². The summed E-state index contributed by atoms with van der Waals surface area (Å²) in [5, 5.41) is 1.06. The number of rotatable bonds is 8. The maximum Gasteiger partial charge on any atom is 0.420 e. The Kier molecular flexibility index (Phi) is 7.29. The molecule has 1 saturated heterocycles. The van der Waals surface area contributed by atoms with Crippen molar-refractivity contribution in [3.63, 3.8) is 0 Å². The average Bonchev–Trinajstić information content (AvgIpc) is 2.97. The molecule has 2 heterocycles. The van der Waals surface area contributed by atoms with Crippen LogP contribution in [-0.4, -0.2) is 29.1 Å². The topological polar surface area (TPSA) is 38.4 Å². The standard InChI is InChI=1S/C21H30Cl2N2O2/c1-3-5-7-15-8-12-24(13-9-15)10-6-11-25-18-14-17(22)16(4-2)19(23)20(18)27-21(25)26/h14-15H,3-13H2,1-2H3. The lowest BCUT2D eigenvalue weighted by atomic mass is 9.91.